The molecule has 4 nitrogen and oxygen atoms in total. The Morgan fingerprint density at radius 3 is 2.27 bits per heavy atom. The predicted molar refractivity (Wildman–Crippen MR) is 106 cm³/mol. The molecule has 1 N–H and O–H groups in total. The van der Waals surface area contributed by atoms with Crippen LogP contribution in [0.5, 0.6) is 5.75 Å². The number of carbonyl (C=O) groups excluding carboxylic acids is 1. The van der Waals surface area contributed by atoms with Crippen molar-refractivity contribution in [3.63, 3.8) is 0 Å². The van der Waals surface area contributed by atoms with E-state index >= 15 is 0 Å². The molecule has 0 saturated carbocycles. The minimum atomic E-state index is -0.205. The number of hydrogen-bond acceptors (Lipinski definition) is 2. The molecule has 0 radical (unpaired) electrons. The summed E-state index contributed by atoms with van der Waals surface area (Å²) in [7, 11) is 1.60. The summed E-state index contributed by atoms with van der Waals surface area (Å²) >= 11 is 0. The third kappa shape index (κ3) is 4.22. The highest BCUT2D eigenvalue weighted by Gasteiger charge is 2.18. The van der Waals surface area contributed by atoms with E-state index in [4.69, 9.17) is 4.74 Å². The van der Waals surface area contributed by atoms with Gasteiger partial charge >= 0.3 is 6.03 Å². The number of aryl methyl sites for hydroxylation is 1. The Balaban J connectivity index is 1.89. The Bertz CT molecular complexity index is 864. The maximum absolute atomic E-state index is 13.1. The molecule has 0 saturated heterocycles. The van der Waals surface area contributed by atoms with E-state index in [0.29, 0.717) is 18.0 Å². The first kappa shape index (κ1) is 17.5. The van der Waals surface area contributed by atoms with Gasteiger partial charge in [-0.15, -0.1) is 0 Å². The van der Waals surface area contributed by atoms with Crippen LogP contribution in [0.1, 0.15) is 11.1 Å². The minimum absolute atomic E-state index is 0.205. The third-order valence-corrected chi connectivity index (χ3v) is 4.09. The van der Waals surface area contributed by atoms with Crippen LogP contribution in [-0.4, -0.2) is 13.1 Å². The molecule has 132 valence electrons. The lowest BCUT2D eigenvalue weighted by atomic mass is 10.2. The summed E-state index contributed by atoms with van der Waals surface area (Å²) in [6, 6.07) is 25.1. The first-order chi connectivity index (χ1) is 12.7. The van der Waals surface area contributed by atoms with Crippen LogP contribution in [0, 0.1) is 6.92 Å². The lowest BCUT2D eigenvalue weighted by Gasteiger charge is -2.24. The Morgan fingerprint density at radius 1 is 0.962 bits per heavy atom. The van der Waals surface area contributed by atoms with Crippen LogP contribution >= 0.6 is 0 Å². The number of hydrogen-bond donors (Lipinski definition) is 1. The fraction of sp³-hybridized carbons (Fsp3) is 0.136. The van der Waals surface area contributed by atoms with Gasteiger partial charge in [0.2, 0.25) is 0 Å². The zero-order chi connectivity index (χ0) is 18.4. The minimum Gasteiger partial charge on any atom is -0.495 e. The van der Waals surface area contributed by atoms with Gasteiger partial charge in [0.25, 0.3) is 0 Å². The van der Waals surface area contributed by atoms with Crippen molar-refractivity contribution in [1.82, 2.24) is 0 Å². The largest absolute Gasteiger partial charge is 0.495 e. The maximum Gasteiger partial charge on any atom is 0.326 e. The average molecular weight is 346 g/mol. The molecule has 0 fully saturated rings. The van der Waals surface area contributed by atoms with Crippen LogP contribution in [-0.2, 0) is 6.54 Å². The summed E-state index contributed by atoms with van der Waals surface area (Å²) in [6.07, 6.45) is 0. The summed E-state index contributed by atoms with van der Waals surface area (Å²) in [5.74, 6) is 0.636. The number of para-hydroxylation sites is 1. The van der Waals surface area contributed by atoms with E-state index in [9.17, 15) is 4.79 Å². The number of benzene rings is 3. The quantitative estimate of drug-likeness (QED) is 0.686. The Morgan fingerprint density at radius 2 is 1.62 bits per heavy atom. The van der Waals surface area contributed by atoms with Crippen molar-refractivity contribution in [2.75, 3.05) is 17.3 Å². The van der Waals surface area contributed by atoms with Crippen LogP contribution in [0.4, 0.5) is 16.2 Å². The van der Waals surface area contributed by atoms with Gasteiger partial charge in [-0.2, -0.15) is 0 Å². The van der Waals surface area contributed by atoms with E-state index in [-0.39, 0.29) is 6.03 Å². The highest BCUT2D eigenvalue weighted by atomic mass is 16.5. The lowest BCUT2D eigenvalue weighted by molar-refractivity contribution is 0.256. The van der Waals surface area contributed by atoms with Crippen molar-refractivity contribution >= 4 is 17.4 Å². The van der Waals surface area contributed by atoms with Crippen molar-refractivity contribution in [3.05, 3.63) is 90.0 Å². The molecular formula is C22H22N2O2. The molecule has 4 heteroatoms. The van der Waals surface area contributed by atoms with Gasteiger partial charge in [0.1, 0.15) is 5.75 Å². The molecule has 0 heterocycles. The summed E-state index contributed by atoms with van der Waals surface area (Å²) in [5.41, 5.74) is 3.60. The molecule has 0 aromatic heterocycles. The van der Waals surface area contributed by atoms with Crippen LogP contribution in [0.25, 0.3) is 0 Å². The zero-order valence-electron chi connectivity index (χ0n) is 15.0. The number of nitrogens with zero attached hydrogens (tertiary/aromatic N) is 1. The van der Waals surface area contributed by atoms with Gasteiger partial charge in [-0.3, -0.25) is 4.90 Å². The fourth-order valence-electron chi connectivity index (χ4n) is 2.76. The zero-order valence-corrected chi connectivity index (χ0v) is 15.0. The van der Waals surface area contributed by atoms with Gasteiger partial charge in [0.05, 0.1) is 19.3 Å². The van der Waals surface area contributed by atoms with Crippen molar-refractivity contribution in [2.45, 2.75) is 13.5 Å². The fourth-order valence-corrected chi connectivity index (χ4v) is 2.76. The van der Waals surface area contributed by atoms with Gasteiger partial charge in [0.15, 0.2) is 0 Å². The molecule has 0 bridgehead atoms. The molecule has 0 aliphatic carbocycles. The monoisotopic (exact) mass is 346 g/mol. The standard InChI is InChI=1S/C22H22N2O2/c1-17-13-14-21(26-2)20(15-17)23-22(25)24(19-11-7-4-8-12-19)16-18-9-5-3-6-10-18/h3-15H,16H2,1-2H3,(H,23,25). The van der Waals surface area contributed by atoms with Gasteiger partial charge in [-0.25, -0.2) is 4.79 Å². The first-order valence-corrected chi connectivity index (χ1v) is 8.49. The Labute approximate surface area is 154 Å². The average Bonchev–Trinajstić information content (AvgIpc) is 2.68. The van der Waals surface area contributed by atoms with E-state index in [1.807, 2.05) is 85.8 Å². The molecule has 3 rings (SSSR count). The van der Waals surface area contributed by atoms with Crippen molar-refractivity contribution < 1.29 is 9.53 Å². The van der Waals surface area contributed by atoms with Crippen LogP contribution in [0.2, 0.25) is 0 Å². The second kappa shape index (κ2) is 8.21. The highest BCUT2D eigenvalue weighted by molar-refractivity contribution is 6.02. The topological polar surface area (TPSA) is 41.6 Å². The van der Waals surface area contributed by atoms with Gasteiger partial charge < -0.3 is 10.1 Å². The van der Waals surface area contributed by atoms with E-state index in [1.54, 1.807) is 12.0 Å². The van der Waals surface area contributed by atoms with Crippen molar-refractivity contribution in [2.24, 2.45) is 0 Å². The number of urea groups is 1. The van der Waals surface area contributed by atoms with E-state index in [1.165, 1.54) is 0 Å². The van der Waals surface area contributed by atoms with E-state index in [0.717, 1.165) is 16.8 Å². The van der Waals surface area contributed by atoms with Crippen molar-refractivity contribution in [3.8, 4) is 5.75 Å². The number of methoxy groups -OCH3 is 1. The summed E-state index contributed by atoms with van der Waals surface area (Å²) in [4.78, 5) is 14.8. The van der Waals surface area contributed by atoms with Crippen LogP contribution < -0.4 is 15.0 Å². The molecule has 3 aromatic rings. The first-order valence-electron chi connectivity index (χ1n) is 8.49. The van der Waals surface area contributed by atoms with Crippen molar-refractivity contribution in [1.29, 1.82) is 0 Å². The second-order valence-corrected chi connectivity index (χ2v) is 6.04. The number of ether oxygens (including phenoxy) is 1. The molecule has 2 amide bonds. The number of anilines is 2. The predicted octanol–water partition coefficient (Wildman–Crippen LogP) is 5.24. The van der Waals surface area contributed by atoms with E-state index < -0.39 is 0 Å². The second-order valence-electron chi connectivity index (χ2n) is 6.04. The third-order valence-electron chi connectivity index (χ3n) is 4.09. The van der Waals surface area contributed by atoms with Crippen LogP contribution in [0.3, 0.4) is 0 Å². The molecule has 0 spiro atoms. The molecular weight excluding hydrogens is 324 g/mol. The van der Waals surface area contributed by atoms with E-state index in [2.05, 4.69) is 5.32 Å². The Hall–Kier alpha value is -3.27. The normalized spacial score (nSPS) is 10.2. The van der Waals surface area contributed by atoms with Gasteiger partial charge in [-0.1, -0.05) is 54.6 Å². The lowest BCUT2D eigenvalue weighted by Crippen LogP contribution is -2.34. The number of nitrogens with one attached hydrogen (secondary N) is 1. The molecule has 26 heavy (non-hydrogen) atoms. The number of rotatable bonds is 5. The summed E-state index contributed by atoms with van der Waals surface area (Å²) in [5, 5.41) is 2.98. The summed E-state index contributed by atoms with van der Waals surface area (Å²) < 4.78 is 5.37. The number of carbonyl (C=O) groups is 1. The van der Waals surface area contributed by atoms with Gasteiger partial charge in [-0.05, 0) is 42.3 Å². The molecule has 0 atom stereocenters. The molecule has 0 aliphatic rings. The molecule has 0 unspecified atom stereocenters. The maximum atomic E-state index is 13.1. The van der Waals surface area contributed by atoms with Crippen LogP contribution in [0.15, 0.2) is 78.9 Å². The SMILES string of the molecule is COc1ccc(C)cc1NC(=O)N(Cc1ccccc1)c1ccccc1. The number of amides is 2. The smallest absolute Gasteiger partial charge is 0.326 e. The van der Waals surface area contributed by atoms with Gasteiger partial charge in [0, 0.05) is 5.69 Å². The summed E-state index contributed by atoms with van der Waals surface area (Å²) in [6.45, 7) is 2.46. The molecule has 3 aromatic carbocycles. The Kier molecular flexibility index (Phi) is 5.54. The highest BCUT2D eigenvalue weighted by Crippen LogP contribution is 2.26. The molecule has 0 aliphatic heterocycles.